The van der Waals surface area contributed by atoms with Crippen LogP contribution in [0.15, 0.2) is 18.2 Å². The van der Waals surface area contributed by atoms with Crippen molar-refractivity contribution >= 4 is 17.3 Å². The number of nitrogens with two attached hydrogens (primary N) is 1. The Morgan fingerprint density at radius 3 is 2.74 bits per heavy atom. The van der Waals surface area contributed by atoms with Crippen molar-refractivity contribution in [2.24, 2.45) is 0 Å². The highest BCUT2D eigenvalue weighted by Gasteiger charge is 2.06. The molecule has 0 aromatic heterocycles. The Hall–Kier alpha value is -1.66. The molecule has 5 nitrogen and oxygen atoms in total. The molecule has 1 aromatic rings. The molecule has 0 saturated carbocycles. The molecule has 106 valence electrons. The van der Waals surface area contributed by atoms with Gasteiger partial charge in [0.1, 0.15) is 12.4 Å². The zero-order valence-corrected chi connectivity index (χ0v) is 10.9. The third-order valence-electron chi connectivity index (χ3n) is 2.24. The Labute approximate surface area is 111 Å². The number of benzene rings is 1. The van der Waals surface area contributed by atoms with E-state index in [9.17, 15) is 9.18 Å². The topological polar surface area (TPSA) is 73.6 Å². The third-order valence-corrected chi connectivity index (χ3v) is 2.24. The molecule has 0 saturated heterocycles. The average Bonchev–Trinajstić information content (AvgIpc) is 2.37. The van der Waals surface area contributed by atoms with Crippen LogP contribution in [0, 0.1) is 5.82 Å². The number of anilines is 2. The van der Waals surface area contributed by atoms with Gasteiger partial charge in [0.25, 0.3) is 0 Å². The Kier molecular flexibility index (Phi) is 6.84. The highest BCUT2D eigenvalue weighted by Crippen LogP contribution is 2.18. The second kappa shape index (κ2) is 8.44. The van der Waals surface area contributed by atoms with Crippen LogP contribution in [-0.4, -0.2) is 32.3 Å². The lowest BCUT2D eigenvalue weighted by Gasteiger charge is -2.08. The lowest BCUT2D eigenvalue weighted by Crippen LogP contribution is -2.20. The van der Waals surface area contributed by atoms with E-state index in [0.717, 1.165) is 12.5 Å². The fourth-order valence-electron chi connectivity index (χ4n) is 1.36. The van der Waals surface area contributed by atoms with E-state index in [1.807, 2.05) is 6.92 Å². The number of carbonyl (C=O) groups is 1. The van der Waals surface area contributed by atoms with Crippen molar-refractivity contribution in [3.8, 4) is 0 Å². The molecule has 0 unspecified atom stereocenters. The highest BCUT2D eigenvalue weighted by molar-refractivity contribution is 5.94. The monoisotopic (exact) mass is 270 g/mol. The molecule has 0 bridgehead atoms. The van der Waals surface area contributed by atoms with Crippen LogP contribution in [0.4, 0.5) is 15.8 Å². The van der Waals surface area contributed by atoms with Crippen LogP contribution in [0.5, 0.6) is 0 Å². The van der Waals surface area contributed by atoms with Crippen LogP contribution < -0.4 is 11.1 Å². The molecule has 1 rings (SSSR count). The van der Waals surface area contributed by atoms with Crippen LogP contribution in [-0.2, 0) is 14.3 Å². The number of nitrogen functional groups attached to an aromatic ring is 1. The number of amides is 1. The number of hydrogen-bond donors (Lipinski definition) is 2. The smallest absolute Gasteiger partial charge is 0.250 e. The summed E-state index contributed by atoms with van der Waals surface area (Å²) in [6.45, 7) is 3.42. The van der Waals surface area contributed by atoms with E-state index in [1.165, 1.54) is 12.1 Å². The Balaban J connectivity index is 2.23. The zero-order valence-electron chi connectivity index (χ0n) is 10.9. The summed E-state index contributed by atoms with van der Waals surface area (Å²) in [5, 5.41) is 2.54. The van der Waals surface area contributed by atoms with Crippen molar-refractivity contribution in [2.45, 2.75) is 13.3 Å². The molecule has 1 aromatic carbocycles. The van der Waals surface area contributed by atoms with E-state index in [-0.39, 0.29) is 18.2 Å². The SMILES string of the molecule is CCCOCCOCC(=O)Nc1ccc(F)cc1N. The van der Waals surface area contributed by atoms with Crippen LogP contribution in [0.2, 0.25) is 0 Å². The van der Waals surface area contributed by atoms with Crippen LogP contribution >= 0.6 is 0 Å². The number of ether oxygens (including phenoxy) is 2. The van der Waals surface area contributed by atoms with E-state index >= 15 is 0 Å². The average molecular weight is 270 g/mol. The van der Waals surface area contributed by atoms with Crippen molar-refractivity contribution in [2.75, 3.05) is 37.5 Å². The van der Waals surface area contributed by atoms with Gasteiger partial charge in [-0.2, -0.15) is 0 Å². The standard InChI is InChI=1S/C13H19FN2O3/c1-2-5-18-6-7-19-9-13(17)16-12-4-3-10(14)8-11(12)15/h3-4,8H,2,5-7,9,15H2,1H3,(H,16,17). The summed E-state index contributed by atoms with van der Waals surface area (Å²) in [5.74, 6) is -0.784. The predicted octanol–water partition coefficient (Wildman–Crippen LogP) is 1.79. The van der Waals surface area contributed by atoms with Crippen molar-refractivity contribution in [1.82, 2.24) is 0 Å². The van der Waals surface area contributed by atoms with Crippen LogP contribution in [0.3, 0.4) is 0 Å². The molecule has 0 atom stereocenters. The molecule has 19 heavy (non-hydrogen) atoms. The third kappa shape index (κ3) is 6.17. The maximum absolute atomic E-state index is 12.8. The van der Waals surface area contributed by atoms with E-state index in [2.05, 4.69) is 5.32 Å². The van der Waals surface area contributed by atoms with Crippen molar-refractivity contribution < 1.29 is 18.7 Å². The zero-order chi connectivity index (χ0) is 14.1. The van der Waals surface area contributed by atoms with Crippen LogP contribution in [0.1, 0.15) is 13.3 Å². The van der Waals surface area contributed by atoms with Gasteiger partial charge in [-0.15, -0.1) is 0 Å². The molecule has 0 heterocycles. The van der Waals surface area contributed by atoms with Crippen molar-refractivity contribution in [3.63, 3.8) is 0 Å². The number of carbonyl (C=O) groups excluding carboxylic acids is 1. The summed E-state index contributed by atoms with van der Waals surface area (Å²) in [5.41, 5.74) is 6.12. The Morgan fingerprint density at radius 1 is 1.32 bits per heavy atom. The molecule has 0 aliphatic rings. The summed E-state index contributed by atoms with van der Waals surface area (Å²) in [7, 11) is 0. The number of hydrogen-bond acceptors (Lipinski definition) is 4. The molecule has 0 spiro atoms. The first-order valence-corrected chi connectivity index (χ1v) is 6.14. The quantitative estimate of drug-likeness (QED) is 0.558. The summed E-state index contributed by atoms with van der Waals surface area (Å²) < 4.78 is 23.1. The molecule has 3 N–H and O–H groups in total. The minimum absolute atomic E-state index is 0.0910. The van der Waals surface area contributed by atoms with Gasteiger partial charge in [0.05, 0.1) is 24.6 Å². The minimum atomic E-state index is -0.445. The normalized spacial score (nSPS) is 10.4. The van der Waals surface area contributed by atoms with Crippen molar-refractivity contribution in [3.05, 3.63) is 24.0 Å². The van der Waals surface area contributed by atoms with Gasteiger partial charge in [-0.25, -0.2) is 4.39 Å². The molecule has 6 heteroatoms. The maximum atomic E-state index is 12.8. The maximum Gasteiger partial charge on any atom is 0.250 e. The first-order chi connectivity index (χ1) is 9.13. The molecular formula is C13H19FN2O3. The van der Waals surface area contributed by atoms with Gasteiger partial charge >= 0.3 is 0 Å². The second-order valence-corrected chi connectivity index (χ2v) is 3.94. The molecule has 0 radical (unpaired) electrons. The fraction of sp³-hybridized carbons (Fsp3) is 0.462. The minimum Gasteiger partial charge on any atom is -0.397 e. The van der Waals surface area contributed by atoms with E-state index in [1.54, 1.807) is 0 Å². The summed E-state index contributed by atoms with van der Waals surface area (Å²) in [4.78, 5) is 11.5. The highest BCUT2D eigenvalue weighted by atomic mass is 19.1. The molecule has 0 fully saturated rings. The molecule has 0 aliphatic heterocycles. The largest absolute Gasteiger partial charge is 0.397 e. The van der Waals surface area contributed by atoms with E-state index < -0.39 is 5.82 Å². The van der Waals surface area contributed by atoms with Gasteiger partial charge in [0.2, 0.25) is 5.91 Å². The van der Waals surface area contributed by atoms with Gasteiger partial charge in [-0.1, -0.05) is 6.92 Å². The van der Waals surface area contributed by atoms with Gasteiger partial charge in [-0.3, -0.25) is 4.79 Å². The summed E-state index contributed by atoms with van der Waals surface area (Å²) in [6.07, 6.45) is 0.949. The first kappa shape index (κ1) is 15.4. The Bertz CT molecular complexity index is 413. The summed E-state index contributed by atoms with van der Waals surface area (Å²) >= 11 is 0. The number of nitrogens with one attached hydrogen (secondary N) is 1. The molecule has 1 amide bonds. The van der Waals surface area contributed by atoms with Crippen LogP contribution in [0.25, 0.3) is 0 Å². The second-order valence-electron chi connectivity index (χ2n) is 3.94. The van der Waals surface area contributed by atoms with Gasteiger partial charge in [-0.05, 0) is 24.6 Å². The molecule has 0 aliphatic carbocycles. The van der Waals surface area contributed by atoms with Gasteiger partial charge < -0.3 is 20.5 Å². The van der Waals surface area contributed by atoms with Crippen molar-refractivity contribution in [1.29, 1.82) is 0 Å². The number of halogens is 1. The van der Waals surface area contributed by atoms with E-state index in [0.29, 0.717) is 25.5 Å². The number of rotatable bonds is 8. The lowest BCUT2D eigenvalue weighted by atomic mass is 10.2. The Morgan fingerprint density at radius 2 is 2.05 bits per heavy atom. The molecular weight excluding hydrogens is 251 g/mol. The lowest BCUT2D eigenvalue weighted by molar-refractivity contribution is -0.121. The fourth-order valence-corrected chi connectivity index (χ4v) is 1.36. The van der Waals surface area contributed by atoms with Gasteiger partial charge in [0, 0.05) is 6.61 Å². The van der Waals surface area contributed by atoms with E-state index in [4.69, 9.17) is 15.2 Å². The predicted molar refractivity (Wildman–Crippen MR) is 71.4 cm³/mol. The van der Waals surface area contributed by atoms with Gasteiger partial charge in [0.15, 0.2) is 0 Å². The first-order valence-electron chi connectivity index (χ1n) is 6.14. The summed E-state index contributed by atoms with van der Waals surface area (Å²) in [6, 6.07) is 3.79.